The molecule has 0 spiro atoms. The third-order valence-corrected chi connectivity index (χ3v) is 5.08. The van der Waals surface area contributed by atoms with Crippen LogP contribution in [0.3, 0.4) is 0 Å². The molecule has 1 heterocycles. The molecule has 0 amide bonds. The summed E-state index contributed by atoms with van der Waals surface area (Å²) in [5.41, 5.74) is 0.897. The summed E-state index contributed by atoms with van der Waals surface area (Å²) >= 11 is 36.0. The van der Waals surface area contributed by atoms with E-state index in [0.717, 1.165) is 5.56 Å². The fraction of sp³-hybridized carbons (Fsp3) is 0.467. The lowest BCUT2D eigenvalue weighted by atomic mass is 10.2. The standard InChI is InChI=1S/C15H17Cl6N3O2/c1-25-12-4-3-11(7-13(12)26-2)5-6-22-8-23(14(16,17)18)10-24(9-22)15(19,20)21/h3-7H,8-10H2,1-2H3/b6-5+. The van der Waals surface area contributed by atoms with Crippen molar-refractivity contribution in [3.05, 3.63) is 30.0 Å². The fourth-order valence-corrected chi connectivity index (χ4v) is 2.98. The van der Waals surface area contributed by atoms with Crippen LogP contribution in [0.2, 0.25) is 0 Å². The van der Waals surface area contributed by atoms with E-state index in [4.69, 9.17) is 79.1 Å². The molecular formula is C15H17Cl6N3O2. The summed E-state index contributed by atoms with van der Waals surface area (Å²) in [6.07, 6.45) is 3.70. The lowest BCUT2D eigenvalue weighted by molar-refractivity contribution is -0.00902. The minimum Gasteiger partial charge on any atom is -0.493 e. The van der Waals surface area contributed by atoms with Gasteiger partial charge in [0.15, 0.2) is 11.5 Å². The van der Waals surface area contributed by atoms with Crippen LogP contribution in [0.5, 0.6) is 11.5 Å². The van der Waals surface area contributed by atoms with E-state index < -0.39 is 7.83 Å². The molecule has 1 fully saturated rings. The summed E-state index contributed by atoms with van der Waals surface area (Å²) in [4.78, 5) is 4.94. The van der Waals surface area contributed by atoms with Crippen molar-refractivity contribution in [2.24, 2.45) is 0 Å². The number of methoxy groups -OCH3 is 2. The van der Waals surface area contributed by atoms with Gasteiger partial charge in [-0.15, -0.1) is 0 Å². The minimum atomic E-state index is -1.63. The van der Waals surface area contributed by atoms with Gasteiger partial charge in [0, 0.05) is 6.20 Å². The zero-order chi connectivity index (χ0) is 19.5. The smallest absolute Gasteiger partial charge is 0.250 e. The van der Waals surface area contributed by atoms with Gasteiger partial charge in [-0.3, -0.25) is 0 Å². The largest absolute Gasteiger partial charge is 0.493 e. The zero-order valence-corrected chi connectivity index (χ0v) is 18.5. The fourth-order valence-electron chi connectivity index (χ4n) is 2.34. The molecule has 1 aliphatic rings. The average molecular weight is 484 g/mol. The molecule has 0 aromatic heterocycles. The van der Waals surface area contributed by atoms with Gasteiger partial charge >= 0.3 is 0 Å². The molecule has 1 aromatic carbocycles. The molecule has 0 unspecified atom stereocenters. The van der Waals surface area contributed by atoms with Gasteiger partial charge in [0.1, 0.15) is 0 Å². The maximum Gasteiger partial charge on any atom is 0.250 e. The number of ether oxygens (including phenoxy) is 2. The normalized spacial score (nSPS) is 17.8. The minimum absolute atomic E-state index is 0.188. The monoisotopic (exact) mass is 481 g/mol. The molecule has 0 radical (unpaired) electrons. The Hall–Kier alpha value is 0.0200. The van der Waals surface area contributed by atoms with Crippen LogP contribution in [0.15, 0.2) is 24.4 Å². The van der Waals surface area contributed by atoms with Gasteiger partial charge < -0.3 is 14.4 Å². The van der Waals surface area contributed by atoms with Crippen molar-refractivity contribution >= 4 is 75.7 Å². The molecule has 1 aliphatic heterocycles. The summed E-state index contributed by atoms with van der Waals surface area (Å²) in [5, 5.41) is 0. The van der Waals surface area contributed by atoms with Gasteiger partial charge in [-0.05, 0) is 23.8 Å². The first-order valence-corrected chi connectivity index (χ1v) is 9.59. The highest BCUT2D eigenvalue weighted by Crippen LogP contribution is 2.38. The first-order valence-electron chi connectivity index (χ1n) is 7.32. The van der Waals surface area contributed by atoms with Crippen LogP contribution in [0.1, 0.15) is 5.56 Å². The predicted molar refractivity (Wildman–Crippen MR) is 109 cm³/mol. The van der Waals surface area contributed by atoms with E-state index in [-0.39, 0.29) is 6.67 Å². The Bertz CT molecular complexity index is 625. The Morgan fingerprint density at radius 2 is 1.38 bits per heavy atom. The Morgan fingerprint density at radius 3 is 1.85 bits per heavy atom. The van der Waals surface area contributed by atoms with Gasteiger partial charge in [-0.25, -0.2) is 9.80 Å². The SMILES string of the molecule is COc1ccc(/C=C/N2CN(C(Cl)(Cl)Cl)CN(C(Cl)(Cl)Cl)C2)cc1OC. The number of alkyl halides is 6. The van der Waals surface area contributed by atoms with Crippen LogP contribution < -0.4 is 9.47 Å². The molecule has 2 rings (SSSR count). The summed E-state index contributed by atoms with van der Waals surface area (Å²) in [6.45, 7) is 0.878. The molecule has 26 heavy (non-hydrogen) atoms. The molecule has 146 valence electrons. The van der Waals surface area contributed by atoms with Crippen LogP contribution in [0, 0.1) is 0 Å². The first kappa shape index (κ1) is 22.3. The Kier molecular flexibility index (Phi) is 7.73. The number of benzene rings is 1. The summed E-state index contributed by atoms with van der Waals surface area (Å²) in [7, 11) is 3.16. The number of hydrogen-bond donors (Lipinski definition) is 0. The van der Waals surface area contributed by atoms with Crippen molar-refractivity contribution in [3.63, 3.8) is 0 Å². The third-order valence-electron chi connectivity index (χ3n) is 3.65. The van der Waals surface area contributed by atoms with Crippen molar-refractivity contribution in [2.45, 2.75) is 7.83 Å². The Labute approximate surface area is 182 Å². The van der Waals surface area contributed by atoms with E-state index in [1.807, 2.05) is 35.4 Å². The van der Waals surface area contributed by atoms with E-state index in [2.05, 4.69) is 0 Å². The molecular weight excluding hydrogens is 467 g/mol. The number of nitrogens with zero attached hydrogens (tertiary/aromatic N) is 3. The zero-order valence-electron chi connectivity index (χ0n) is 13.9. The molecule has 0 aliphatic carbocycles. The van der Waals surface area contributed by atoms with Crippen LogP contribution in [0.4, 0.5) is 0 Å². The van der Waals surface area contributed by atoms with E-state index in [1.54, 1.807) is 24.0 Å². The van der Waals surface area contributed by atoms with Crippen LogP contribution in [0.25, 0.3) is 6.08 Å². The molecule has 5 nitrogen and oxygen atoms in total. The Balaban J connectivity index is 2.19. The highest BCUT2D eigenvalue weighted by molar-refractivity contribution is 6.67. The second-order valence-electron chi connectivity index (χ2n) is 5.46. The average Bonchev–Trinajstić information content (AvgIpc) is 2.57. The second-order valence-corrected chi connectivity index (χ2v) is 9.90. The van der Waals surface area contributed by atoms with E-state index in [1.165, 1.54) is 0 Å². The number of rotatable bonds is 4. The van der Waals surface area contributed by atoms with Gasteiger partial charge in [0.25, 0.3) is 0 Å². The van der Waals surface area contributed by atoms with E-state index in [9.17, 15) is 0 Å². The number of hydrogen-bond acceptors (Lipinski definition) is 5. The lowest BCUT2D eigenvalue weighted by Crippen LogP contribution is -2.59. The lowest BCUT2D eigenvalue weighted by Gasteiger charge is -2.46. The van der Waals surface area contributed by atoms with E-state index >= 15 is 0 Å². The molecule has 1 saturated heterocycles. The summed E-state index contributed by atoms with van der Waals surface area (Å²) < 4.78 is 7.26. The van der Waals surface area contributed by atoms with Gasteiger partial charge in [0.2, 0.25) is 7.83 Å². The van der Waals surface area contributed by atoms with Crippen LogP contribution >= 0.6 is 69.6 Å². The highest BCUT2D eigenvalue weighted by atomic mass is 35.6. The van der Waals surface area contributed by atoms with Crippen molar-refractivity contribution in [3.8, 4) is 11.5 Å². The maximum absolute atomic E-state index is 6.00. The molecule has 11 heteroatoms. The second kappa shape index (κ2) is 9.01. The van der Waals surface area contributed by atoms with Crippen molar-refractivity contribution in [1.29, 1.82) is 0 Å². The van der Waals surface area contributed by atoms with Gasteiger partial charge in [-0.1, -0.05) is 75.7 Å². The first-order chi connectivity index (χ1) is 12.0. The molecule has 0 N–H and O–H groups in total. The predicted octanol–water partition coefficient (Wildman–Crippen LogP) is 5.12. The van der Waals surface area contributed by atoms with Crippen molar-refractivity contribution < 1.29 is 9.47 Å². The summed E-state index contributed by atoms with van der Waals surface area (Å²) in [5.74, 6) is 1.27. The molecule has 0 atom stereocenters. The quantitative estimate of drug-likeness (QED) is 0.437. The van der Waals surface area contributed by atoms with Gasteiger partial charge in [0.05, 0.1) is 34.2 Å². The van der Waals surface area contributed by atoms with Gasteiger partial charge in [-0.2, -0.15) is 0 Å². The molecule has 0 bridgehead atoms. The maximum atomic E-state index is 6.00. The van der Waals surface area contributed by atoms with E-state index in [0.29, 0.717) is 24.8 Å². The van der Waals surface area contributed by atoms with Crippen molar-refractivity contribution in [1.82, 2.24) is 14.7 Å². The summed E-state index contributed by atoms with van der Waals surface area (Å²) in [6, 6.07) is 5.55. The van der Waals surface area contributed by atoms with Crippen molar-refractivity contribution in [2.75, 3.05) is 34.2 Å². The van der Waals surface area contributed by atoms with Crippen LogP contribution in [-0.4, -0.2) is 56.8 Å². The Morgan fingerprint density at radius 1 is 0.846 bits per heavy atom. The number of halogens is 6. The highest BCUT2D eigenvalue weighted by Gasteiger charge is 2.41. The third kappa shape index (κ3) is 6.01. The molecule has 1 aromatic rings. The topological polar surface area (TPSA) is 28.2 Å². The molecule has 0 saturated carbocycles. The van der Waals surface area contributed by atoms with Crippen LogP contribution in [-0.2, 0) is 0 Å².